The van der Waals surface area contributed by atoms with E-state index in [9.17, 15) is 0 Å². The maximum Gasteiger partial charge on any atom is 0.0646 e. The monoisotopic (exact) mass is 160 g/mol. The normalized spacial score (nSPS) is 17.8. The van der Waals surface area contributed by atoms with Gasteiger partial charge >= 0.3 is 0 Å². The van der Waals surface area contributed by atoms with Crippen LogP contribution in [0, 0.1) is 5.92 Å². The molecular weight excluding hydrogens is 148 g/mol. The van der Waals surface area contributed by atoms with Gasteiger partial charge in [0, 0.05) is 11.9 Å². The molecule has 0 unspecified atom stereocenters. The molecule has 1 aromatic heterocycles. The molecule has 0 aromatic carbocycles. The van der Waals surface area contributed by atoms with Crippen LogP contribution in [-0.2, 0) is 0 Å². The summed E-state index contributed by atoms with van der Waals surface area (Å²) in [6.45, 7) is 0. The number of hydrogen-bond donors (Lipinski definition) is 1. The Kier molecular flexibility index (Phi) is 1.82. The minimum Gasteiger partial charge on any atom is -0.402 e. The van der Waals surface area contributed by atoms with E-state index in [1.54, 1.807) is 6.20 Å². The molecular formula is C10H12N2. The highest BCUT2D eigenvalue weighted by molar-refractivity contribution is 5.48. The fourth-order valence-electron chi connectivity index (χ4n) is 1.17. The maximum atomic E-state index is 5.83. The molecule has 12 heavy (non-hydrogen) atoms. The SMILES string of the molecule is NC(=Cc1ccccn1)C1CC1. The predicted molar refractivity (Wildman–Crippen MR) is 49.1 cm³/mol. The number of hydrogen-bond acceptors (Lipinski definition) is 2. The maximum absolute atomic E-state index is 5.83. The van der Waals surface area contributed by atoms with Crippen molar-refractivity contribution in [1.82, 2.24) is 4.98 Å². The van der Waals surface area contributed by atoms with Crippen molar-refractivity contribution in [3.63, 3.8) is 0 Å². The molecule has 1 heterocycles. The van der Waals surface area contributed by atoms with Crippen LogP contribution in [0.5, 0.6) is 0 Å². The summed E-state index contributed by atoms with van der Waals surface area (Å²) in [7, 11) is 0. The lowest BCUT2D eigenvalue weighted by molar-refractivity contribution is 0.991. The predicted octanol–water partition coefficient (Wildman–Crippen LogP) is 1.79. The van der Waals surface area contributed by atoms with Crippen LogP contribution in [0.15, 0.2) is 30.1 Å². The second-order valence-corrected chi connectivity index (χ2v) is 3.17. The third-order valence-corrected chi connectivity index (χ3v) is 2.05. The van der Waals surface area contributed by atoms with Gasteiger partial charge in [-0.3, -0.25) is 4.98 Å². The van der Waals surface area contributed by atoms with Crippen LogP contribution in [0.3, 0.4) is 0 Å². The van der Waals surface area contributed by atoms with Gasteiger partial charge in [0.1, 0.15) is 0 Å². The van der Waals surface area contributed by atoms with Gasteiger partial charge < -0.3 is 5.73 Å². The van der Waals surface area contributed by atoms with E-state index in [1.807, 2.05) is 24.3 Å². The molecule has 0 aliphatic heterocycles. The van der Waals surface area contributed by atoms with E-state index < -0.39 is 0 Å². The molecule has 2 heteroatoms. The van der Waals surface area contributed by atoms with E-state index >= 15 is 0 Å². The first-order valence-electron chi connectivity index (χ1n) is 4.24. The molecule has 0 atom stereocenters. The molecule has 1 aliphatic carbocycles. The quantitative estimate of drug-likeness (QED) is 0.716. The summed E-state index contributed by atoms with van der Waals surface area (Å²) in [6, 6.07) is 5.85. The lowest BCUT2D eigenvalue weighted by Crippen LogP contribution is -1.98. The molecule has 1 saturated carbocycles. The van der Waals surface area contributed by atoms with Gasteiger partial charge in [-0.1, -0.05) is 6.07 Å². The Morgan fingerprint density at radius 3 is 2.92 bits per heavy atom. The van der Waals surface area contributed by atoms with Crippen molar-refractivity contribution in [1.29, 1.82) is 0 Å². The first-order chi connectivity index (χ1) is 5.86. The van der Waals surface area contributed by atoms with Gasteiger partial charge in [0.2, 0.25) is 0 Å². The first kappa shape index (κ1) is 7.35. The van der Waals surface area contributed by atoms with Crippen molar-refractivity contribution in [2.75, 3.05) is 0 Å². The van der Waals surface area contributed by atoms with Crippen LogP contribution in [-0.4, -0.2) is 4.98 Å². The van der Waals surface area contributed by atoms with Crippen molar-refractivity contribution in [3.8, 4) is 0 Å². The smallest absolute Gasteiger partial charge is 0.0646 e. The van der Waals surface area contributed by atoms with Crippen molar-refractivity contribution in [3.05, 3.63) is 35.8 Å². The highest BCUT2D eigenvalue weighted by Gasteiger charge is 2.23. The van der Waals surface area contributed by atoms with E-state index in [2.05, 4.69) is 4.98 Å². The summed E-state index contributed by atoms with van der Waals surface area (Å²) in [5.41, 5.74) is 7.77. The molecule has 0 amide bonds. The van der Waals surface area contributed by atoms with Gasteiger partial charge in [-0.15, -0.1) is 0 Å². The fraction of sp³-hybridized carbons (Fsp3) is 0.300. The lowest BCUT2D eigenvalue weighted by Gasteiger charge is -1.96. The van der Waals surface area contributed by atoms with Crippen LogP contribution in [0.4, 0.5) is 0 Å². The molecule has 2 rings (SSSR count). The number of aromatic nitrogens is 1. The summed E-state index contributed by atoms with van der Waals surface area (Å²) in [5, 5.41) is 0. The van der Waals surface area contributed by atoms with Crippen LogP contribution >= 0.6 is 0 Å². The zero-order chi connectivity index (χ0) is 8.39. The lowest BCUT2D eigenvalue weighted by atomic mass is 10.2. The minimum absolute atomic E-state index is 0.631. The average molecular weight is 160 g/mol. The Labute approximate surface area is 72.1 Å². The van der Waals surface area contributed by atoms with E-state index in [-0.39, 0.29) is 0 Å². The molecule has 0 radical (unpaired) electrons. The van der Waals surface area contributed by atoms with E-state index in [1.165, 1.54) is 12.8 Å². The van der Waals surface area contributed by atoms with Crippen molar-refractivity contribution >= 4 is 6.08 Å². The van der Waals surface area contributed by atoms with Crippen LogP contribution in [0.2, 0.25) is 0 Å². The van der Waals surface area contributed by atoms with Crippen LogP contribution in [0.25, 0.3) is 6.08 Å². The number of nitrogens with zero attached hydrogens (tertiary/aromatic N) is 1. The second-order valence-electron chi connectivity index (χ2n) is 3.17. The Morgan fingerprint density at radius 1 is 1.50 bits per heavy atom. The van der Waals surface area contributed by atoms with Crippen molar-refractivity contribution in [2.45, 2.75) is 12.8 Å². The molecule has 1 aliphatic rings. The van der Waals surface area contributed by atoms with Gasteiger partial charge in [-0.2, -0.15) is 0 Å². The van der Waals surface area contributed by atoms with Crippen molar-refractivity contribution < 1.29 is 0 Å². The fourth-order valence-corrected chi connectivity index (χ4v) is 1.17. The minimum atomic E-state index is 0.631. The van der Waals surface area contributed by atoms with Gasteiger partial charge in [0.05, 0.1) is 5.69 Å². The first-order valence-corrected chi connectivity index (χ1v) is 4.24. The third kappa shape index (κ3) is 1.64. The van der Waals surface area contributed by atoms with Crippen molar-refractivity contribution in [2.24, 2.45) is 11.7 Å². The van der Waals surface area contributed by atoms with E-state index in [4.69, 9.17) is 5.73 Å². The molecule has 2 nitrogen and oxygen atoms in total. The number of pyridine rings is 1. The molecule has 1 aromatic rings. The molecule has 0 saturated heterocycles. The van der Waals surface area contributed by atoms with Crippen LogP contribution in [0.1, 0.15) is 18.5 Å². The molecule has 62 valence electrons. The van der Waals surface area contributed by atoms with Crippen LogP contribution < -0.4 is 5.73 Å². The topological polar surface area (TPSA) is 38.9 Å². The summed E-state index contributed by atoms with van der Waals surface area (Å²) in [6.07, 6.45) is 6.24. The Hall–Kier alpha value is -1.31. The summed E-state index contributed by atoms with van der Waals surface area (Å²) in [5.74, 6) is 0.631. The van der Waals surface area contributed by atoms with Gasteiger partial charge in [-0.05, 0) is 37.0 Å². The number of nitrogens with two attached hydrogens (primary N) is 1. The summed E-state index contributed by atoms with van der Waals surface area (Å²) >= 11 is 0. The average Bonchev–Trinajstić information content (AvgIpc) is 2.88. The summed E-state index contributed by atoms with van der Waals surface area (Å²) in [4.78, 5) is 4.17. The number of allylic oxidation sites excluding steroid dienone is 1. The molecule has 0 bridgehead atoms. The van der Waals surface area contributed by atoms with Gasteiger partial charge in [0.25, 0.3) is 0 Å². The van der Waals surface area contributed by atoms with Gasteiger partial charge in [-0.25, -0.2) is 0 Å². The van der Waals surface area contributed by atoms with Gasteiger partial charge in [0.15, 0.2) is 0 Å². The Balaban J connectivity index is 2.15. The second kappa shape index (κ2) is 2.97. The number of rotatable bonds is 2. The largest absolute Gasteiger partial charge is 0.402 e. The Bertz CT molecular complexity index is 286. The zero-order valence-corrected chi connectivity index (χ0v) is 6.90. The van der Waals surface area contributed by atoms with E-state index in [0.29, 0.717) is 5.92 Å². The standard InChI is InChI=1S/C10H12N2/c11-10(8-4-5-8)7-9-3-1-2-6-12-9/h1-3,6-8H,4-5,11H2. The zero-order valence-electron chi connectivity index (χ0n) is 6.90. The van der Waals surface area contributed by atoms with E-state index in [0.717, 1.165) is 11.4 Å². The highest BCUT2D eigenvalue weighted by atomic mass is 14.7. The Morgan fingerprint density at radius 2 is 2.33 bits per heavy atom. The molecule has 1 fully saturated rings. The third-order valence-electron chi connectivity index (χ3n) is 2.05. The molecule has 0 spiro atoms. The highest BCUT2D eigenvalue weighted by Crippen LogP contribution is 2.34. The molecule has 2 N–H and O–H groups in total. The summed E-state index contributed by atoms with van der Waals surface area (Å²) < 4.78 is 0.